The van der Waals surface area contributed by atoms with E-state index in [-0.39, 0.29) is 18.4 Å². The molecule has 1 atom stereocenters. The molecule has 0 saturated carbocycles. The van der Waals surface area contributed by atoms with Crippen molar-refractivity contribution in [3.63, 3.8) is 0 Å². The molecule has 1 saturated heterocycles. The van der Waals surface area contributed by atoms with Crippen LogP contribution in [0, 0.1) is 6.92 Å². The van der Waals surface area contributed by atoms with Gasteiger partial charge in [-0.05, 0) is 24.1 Å². The lowest BCUT2D eigenvalue weighted by Crippen LogP contribution is -2.61. The first-order valence-corrected chi connectivity index (χ1v) is 9.32. The zero-order chi connectivity index (χ0) is 18.5. The Morgan fingerprint density at radius 3 is 2.63 bits per heavy atom. The number of amides is 2. The van der Waals surface area contributed by atoms with Crippen molar-refractivity contribution in [2.75, 3.05) is 6.54 Å². The normalized spacial score (nSPS) is 19.4. The highest BCUT2D eigenvalue weighted by molar-refractivity contribution is 5.96. The third-order valence-corrected chi connectivity index (χ3v) is 5.74. The molecule has 5 rings (SSSR count). The number of carbonyl (C=O) groups excluding carboxylic acids is 2. The van der Waals surface area contributed by atoms with Crippen LogP contribution >= 0.6 is 0 Å². The number of hydrogen-bond donors (Lipinski definition) is 1. The van der Waals surface area contributed by atoms with E-state index in [1.165, 1.54) is 11.1 Å². The molecule has 5 heteroatoms. The highest BCUT2D eigenvalue weighted by Gasteiger charge is 2.42. The van der Waals surface area contributed by atoms with Gasteiger partial charge in [-0.15, -0.1) is 0 Å². The van der Waals surface area contributed by atoms with E-state index in [0.717, 1.165) is 22.2 Å². The van der Waals surface area contributed by atoms with Crippen LogP contribution in [0.4, 0.5) is 0 Å². The second kappa shape index (κ2) is 5.98. The number of piperazine rings is 1. The molecule has 3 aromatic rings. The molecule has 1 fully saturated rings. The smallest absolute Gasteiger partial charge is 0.246 e. The molecule has 0 radical (unpaired) electrons. The van der Waals surface area contributed by atoms with Crippen LogP contribution in [0.3, 0.4) is 0 Å². The summed E-state index contributed by atoms with van der Waals surface area (Å²) in [6, 6.07) is 15.9. The number of fused-ring (bicyclic) bond motifs is 4. The summed E-state index contributed by atoms with van der Waals surface area (Å²) in [6.07, 6.45) is 0.578. The molecule has 0 bridgehead atoms. The average Bonchev–Trinajstić information content (AvgIpc) is 3.04. The first kappa shape index (κ1) is 16.1. The summed E-state index contributed by atoms with van der Waals surface area (Å²) >= 11 is 0. The summed E-state index contributed by atoms with van der Waals surface area (Å²) in [5, 5.41) is 1.16. The summed E-state index contributed by atoms with van der Waals surface area (Å²) in [7, 11) is 0. The van der Waals surface area contributed by atoms with Crippen molar-refractivity contribution in [2.45, 2.75) is 32.5 Å². The number of nitrogens with one attached hydrogen (secondary N) is 1. The number of benzene rings is 2. The van der Waals surface area contributed by atoms with Gasteiger partial charge in [-0.1, -0.05) is 48.0 Å². The van der Waals surface area contributed by atoms with Crippen LogP contribution in [0.2, 0.25) is 0 Å². The predicted octanol–water partition coefficient (Wildman–Crippen LogP) is 2.77. The van der Waals surface area contributed by atoms with Crippen molar-refractivity contribution in [1.82, 2.24) is 14.8 Å². The van der Waals surface area contributed by atoms with Gasteiger partial charge in [-0.2, -0.15) is 0 Å². The van der Waals surface area contributed by atoms with Crippen LogP contribution in [0.5, 0.6) is 0 Å². The fourth-order valence-electron chi connectivity index (χ4n) is 4.28. The number of carbonyl (C=O) groups is 2. The molecule has 2 amide bonds. The maximum atomic E-state index is 13.2. The van der Waals surface area contributed by atoms with Gasteiger partial charge in [0.15, 0.2) is 0 Å². The molecular formula is C22H21N3O2. The van der Waals surface area contributed by atoms with Gasteiger partial charge in [-0.25, -0.2) is 0 Å². The quantitative estimate of drug-likeness (QED) is 0.765. The topological polar surface area (TPSA) is 56.4 Å². The van der Waals surface area contributed by atoms with Gasteiger partial charge in [-0.3, -0.25) is 9.59 Å². The van der Waals surface area contributed by atoms with Gasteiger partial charge in [0.1, 0.15) is 12.6 Å². The van der Waals surface area contributed by atoms with Crippen molar-refractivity contribution in [1.29, 1.82) is 0 Å². The van der Waals surface area contributed by atoms with E-state index < -0.39 is 6.04 Å². The van der Waals surface area contributed by atoms with E-state index >= 15 is 0 Å². The number of para-hydroxylation sites is 1. The molecule has 0 unspecified atom stereocenters. The summed E-state index contributed by atoms with van der Waals surface area (Å²) in [5.41, 5.74) is 5.54. The van der Waals surface area contributed by atoms with Crippen molar-refractivity contribution in [2.24, 2.45) is 0 Å². The fraction of sp³-hybridized carbons (Fsp3) is 0.273. The van der Waals surface area contributed by atoms with Gasteiger partial charge >= 0.3 is 0 Å². The van der Waals surface area contributed by atoms with Crippen LogP contribution in [0.25, 0.3) is 10.9 Å². The third kappa shape index (κ3) is 2.62. The van der Waals surface area contributed by atoms with Crippen LogP contribution < -0.4 is 0 Å². The highest BCUT2D eigenvalue weighted by atomic mass is 16.2. The zero-order valence-electron chi connectivity index (χ0n) is 15.2. The minimum Gasteiger partial charge on any atom is -0.357 e. The van der Waals surface area contributed by atoms with Crippen LogP contribution in [-0.2, 0) is 29.1 Å². The zero-order valence-corrected chi connectivity index (χ0v) is 15.2. The molecule has 2 aliphatic rings. The Morgan fingerprint density at radius 1 is 1.04 bits per heavy atom. The first-order valence-electron chi connectivity index (χ1n) is 9.32. The molecule has 1 aromatic heterocycles. The Balaban J connectivity index is 1.45. The predicted molar refractivity (Wildman–Crippen MR) is 103 cm³/mol. The second-order valence-electron chi connectivity index (χ2n) is 7.55. The molecule has 3 heterocycles. The summed E-state index contributed by atoms with van der Waals surface area (Å²) in [5.74, 6) is 0.0714. The number of hydrogen-bond acceptors (Lipinski definition) is 2. The molecule has 27 heavy (non-hydrogen) atoms. The molecular weight excluding hydrogens is 338 g/mol. The summed E-state index contributed by atoms with van der Waals surface area (Å²) in [6.45, 7) is 3.16. The largest absolute Gasteiger partial charge is 0.357 e. The Morgan fingerprint density at radius 2 is 1.81 bits per heavy atom. The van der Waals surface area contributed by atoms with Crippen molar-refractivity contribution < 1.29 is 9.59 Å². The Hall–Kier alpha value is -3.08. The van der Waals surface area contributed by atoms with E-state index in [1.54, 1.807) is 9.80 Å². The van der Waals surface area contributed by atoms with Crippen molar-refractivity contribution in [3.8, 4) is 0 Å². The maximum Gasteiger partial charge on any atom is 0.246 e. The highest BCUT2D eigenvalue weighted by Crippen LogP contribution is 2.32. The van der Waals surface area contributed by atoms with Gasteiger partial charge in [0, 0.05) is 29.6 Å². The summed E-state index contributed by atoms with van der Waals surface area (Å²) in [4.78, 5) is 32.8. The first-order chi connectivity index (χ1) is 13.1. The van der Waals surface area contributed by atoms with Crippen molar-refractivity contribution in [3.05, 3.63) is 70.9 Å². The number of rotatable bonds is 2. The van der Waals surface area contributed by atoms with E-state index in [2.05, 4.69) is 11.1 Å². The molecule has 5 nitrogen and oxygen atoms in total. The number of aromatic amines is 1. The maximum absolute atomic E-state index is 13.2. The van der Waals surface area contributed by atoms with Gasteiger partial charge < -0.3 is 14.8 Å². The fourth-order valence-corrected chi connectivity index (χ4v) is 4.28. The Kier molecular flexibility index (Phi) is 3.57. The van der Waals surface area contributed by atoms with E-state index in [9.17, 15) is 9.59 Å². The number of aryl methyl sites for hydroxylation is 1. The monoisotopic (exact) mass is 359 g/mol. The SMILES string of the molecule is Cc1ccc(CN2CC(=O)N3Cc4[nH]c5ccccc5c4C[C@H]3C2=O)cc1. The standard InChI is InChI=1S/C22H21N3O2/c1-14-6-8-15(9-7-14)11-24-13-21(26)25-12-19-17(10-20(25)22(24)27)16-4-2-3-5-18(16)23-19/h2-9,20,23H,10-13H2,1H3/t20-/m0/s1. The Labute approximate surface area is 157 Å². The number of aromatic nitrogens is 1. The van der Waals surface area contributed by atoms with Crippen LogP contribution in [0.1, 0.15) is 22.4 Å². The Bertz CT molecular complexity index is 1050. The molecule has 1 N–H and O–H groups in total. The molecule has 2 aromatic carbocycles. The van der Waals surface area contributed by atoms with Gasteiger partial charge in [0.2, 0.25) is 11.8 Å². The van der Waals surface area contributed by atoms with E-state index in [4.69, 9.17) is 0 Å². The average molecular weight is 359 g/mol. The van der Waals surface area contributed by atoms with E-state index in [0.29, 0.717) is 19.5 Å². The summed E-state index contributed by atoms with van der Waals surface area (Å²) < 4.78 is 0. The lowest BCUT2D eigenvalue weighted by molar-refractivity contribution is -0.157. The van der Waals surface area contributed by atoms with Crippen LogP contribution in [0.15, 0.2) is 48.5 Å². The molecule has 0 spiro atoms. The minimum atomic E-state index is -0.400. The number of nitrogens with zero attached hydrogens (tertiary/aromatic N) is 2. The lowest BCUT2D eigenvalue weighted by atomic mass is 9.93. The lowest BCUT2D eigenvalue weighted by Gasteiger charge is -2.42. The van der Waals surface area contributed by atoms with E-state index in [1.807, 2.05) is 49.4 Å². The molecule has 136 valence electrons. The third-order valence-electron chi connectivity index (χ3n) is 5.74. The van der Waals surface area contributed by atoms with Crippen molar-refractivity contribution >= 4 is 22.7 Å². The number of H-pyrrole nitrogens is 1. The van der Waals surface area contributed by atoms with Gasteiger partial charge in [0.25, 0.3) is 0 Å². The molecule has 0 aliphatic carbocycles. The van der Waals surface area contributed by atoms with Crippen LogP contribution in [-0.4, -0.2) is 39.2 Å². The second-order valence-corrected chi connectivity index (χ2v) is 7.55. The van der Waals surface area contributed by atoms with Gasteiger partial charge in [0.05, 0.1) is 6.54 Å². The minimum absolute atomic E-state index is 0.0241. The molecule has 2 aliphatic heterocycles.